The van der Waals surface area contributed by atoms with Gasteiger partial charge in [0, 0.05) is 46.0 Å². The van der Waals surface area contributed by atoms with Crippen LogP contribution < -0.4 is 34.3 Å². The molecule has 0 fully saturated rings. The number of nitrogens with zero attached hydrogens (tertiary/aromatic N) is 4. The van der Waals surface area contributed by atoms with Crippen molar-refractivity contribution >= 4 is 46.4 Å². The molecule has 2 aliphatic heterocycles. The molecule has 0 radical (unpaired) electrons. The van der Waals surface area contributed by atoms with Gasteiger partial charge in [-0.25, -0.2) is 9.97 Å². The van der Waals surface area contributed by atoms with Crippen LogP contribution in [-0.2, 0) is 0 Å². The number of rotatable bonds is 12. The van der Waals surface area contributed by atoms with Crippen LogP contribution in [0.4, 0.5) is 0 Å². The van der Waals surface area contributed by atoms with Gasteiger partial charge in [-0.3, -0.25) is 0 Å². The number of hydrogen-bond donors (Lipinski definition) is 2. The molecule has 0 spiro atoms. The number of nitrogens with one attached hydrogen (secondary N) is 2. The second-order valence-corrected chi connectivity index (χ2v) is 15.7. The smallest absolute Gasteiger partial charge is 0.119 e. The standard InChI is InChI=1S/C44H50N6O2.2ClH/c1-49(2,3)25-7-27-51-37-17-9-31(10-18-37)43-39-21-13-33(45-39)29-35-15-23-41(47-35)44(42-24-16-36(48-42)30-34-14-22-40(43)46-34)32-11-19-38(20-12-32)52-28-8-26-50(4,5)6;;/h9-24,29-30,45,48H,7-8,25-28H2,1-6H3;2*1H/q+2;;/p-2. The Morgan fingerprint density at radius 1 is 0.500 bits per heavy atom. The first kappa shape index (κ1) is 40.3. The maximum atomic E-state index is 6.08. The van der Waals surface area contributed by atoms with Crippen molar-refractivity contribution in [3.63, 3.8) is 0 Å². The Kier molecular flexibility index (Phi) is 12.8. The molecule has 5 heterocycles. The van der Waals surface area contributed by atoms with E-state index in [1.807, 2.05) is 0 Å². The summed E-state index contributed by atoms with van der Waals surface area (Å²) in [6.45, 7) is 3.52. The molecule has 0 saturated carbocycles. The van der Waals surface area contributed by atoms with Gasteiger partial charge in [0.1, 0.15) is 11.5 Å². The van der Waals surface area contributed by atoms with Crippen LogP contribution in [0, 0.1) is 0 Å². The van der Waals surface area contributed by atoms with Crippen molar-refractivity contribution in [2.75, 3.05) is 68.6 Å². The number of aromatic amines is 2. The highest BCUT2D eigenvalue weighted by atomic mass is 35.5. The lowest BCUT2D eigenvalue weighted by atomic mass is 10.0. The Balaban J connectivity index is 0.00000280. The highest BCUT2D eigenvalue weighted by Crippen LogP contribution is 2.33. The van der Waals surface area contributed by atoms with Crippen molar-refractivity contribution in [3.8, 4) is 33.8 Å². The molecule has 2 N–H and O–H groups in total. The van der Waals surface area contributed by atoms with Crippen LogP contribution in [0.15, 0.2) is 84.9 Å². The summed E-state index contributed by atoms with van der Waals surface area (Å²) in [5, 5.41) is 0. The minimum absolute atomic E-state index is 0. The summed E-state index contributed by atoms with van der Waals surface area (Å²) in [5.74, 6) is 1.74. The van der Waals surface area contributed by atoms with Crippen LogP contribution in [0.5, 0.6) is 11.5 Å². The van der Waals surface area contributed by atoms with Gasteiger partial charge in [0.15, 0.2) is 0 Å². The topological polar surface area (TPSA) is 75.8 Å². The van der Waals surface area contributed by atoms with Crippen molar-refractivity contribution in [2.24, 2.45) is 0 Å². The fourth-order valence-corrected chi connectivity index (χ4v) is 6.57. The number of H-pyrrole nitrogens is 2. The van der Waals surface area contributed by atoms with Crippen molar-refractivity contribution < 1.29 is 43.3 Å². The predicted octanol–water partition coefficient (Wildman–Crippen LogP) is 2.95. The highest BCUT2D eigenvalue weighted by molar-refractivity contribution is 5.93. The third kappa shape index (κ3) is 10.2. The number of aromatic nitrogens is 4. The summed E-state index contributed by atoms with van der Waals surface area (Å²) in [6.07, 6.45) is 10.3. The van der Waals surface area contributed by atoms with Crippen LogP contribution in [0.2, 0.25) is 0 Å². The predicted molar refractivity (Wildman–Crippen MR) is 216 cm³/mol. The number of halogens is 2. The molecule has 7 rings (SSSR count). The zero-order valence-corrected chi connectivity index (χ0v) is 33.5. The number of hydrogen-bond acceptors (Lipinski definition) is 4. The number of benzene rings is 2. The molecule has 3 aromatic heterocycles. The van der Waals surface area contributed by atoms with Gasteiger partial charge >= 0.3 is 0 Å². The SMILES string of the molecule is C[N+](C)(C)CCCOc1ccc(-c2c3nc(cc4ccc([nH]4)c(-c4ccc(OCCC[N+](C)(C)C)cc4)c4nc(cc5ccc2[nH]5)C=C4)C=C3)cc1.[Cl-].[Cl-]. The van der Waals surface area contributed by atoms with Gasteiger partial charge in [-0.2, -0.15) is 0 Å². The third-order valence-corrected chi connectivity index (χ3v) is 9.17. The molecule has 2 aliphatic rings. The minimum Gasteiger partial charge on any atom is -1.00 e. The molecule has 0 unspecified atom stereocenters. The summed E-state index contributed by atoms with van der Waals surface area (Å²) in [7, 11) is 13.2. The molecule has 282 valence electrons. The van der Waals surface area contributed by atoms with E-state index in [4.69, 9.17) is 19.4 Å². The van der Waals surface area contributed by atoms with Gasteiger partial charge in [-0.05, 0) is 96.1 Å². The lowest BCUT2D eigenvalue weighted by Crippen LogP contribution is -3.00. The van der Waals surface area contributed by atoms with E-state index >= 15 is 0 Å². The molecule has 5 aromatic rings. The van der Waals surface area contributed by atoms with E-state index in [0.29, 0.717) is 13.2 Å². The Bertz CT molecular complexity index is 2110. The van der Waals surface area contributed by atoms with E-state index in [9.17, 15) is 0 Å². The van der Waals surface area contributed by atoms with Gasteiger partial charge in [0.25, 0.3) is 0 Å². The normalized spacial score (nSPS) is 12.3. The summed E-state index contributed by atoms with van der Waals surface area (Å²) in [5.41, 5.74) is 11.7. The number of fused-ring (bicyclic) bond motifs is 8. The van der Waals surface area contributed by atoms with E-state index in [1.54, 1.807) is 0 Å². The Labute approximate surface area is 331 Å². The summed E-state index contributed by atoms with van der Waals surface area (Å²) < 4.78 is 14.0. The van der Waals surface area contributed by atoms with E-state index in [-0.39, 0.29) is 24.8 Å². The van der Waals surface area contributed by atoms with Crippen molar-refractivity contribution in [1.29, 1.82) is 0 Å². The molecule has 0 atom stereocenters. The Hall–Kier alpha value is -4.86. The van der Waals surface area contributed by atoms with Crippen molar-refractivity contribution in [1.82, 2.24) is 19.9 Å². The van der Waals surface area contributed by atoms with Crippen LogP contribution >= 0.6 is 0 Å². The second kappa shape index (κ2) is 17.1. The average Bonchev–Trinajstić information content (AvgIpc) is 3.93. The largest absolute Gasteiger partial charge is 1.00 e. The average molecular weight is 766 g/mol. The van der Waals surface area contributed by atoms with Gasteiger partial charge in [-0.15, -0.1) is 0 Å². The molecular formula is C44H50Cl2N6O2. The first-order valence-corrected chi connectivity index (χ1v) is 18.1. The van der Waals surface area contributed by atoms with Crippen molar-refractivity contribution in [2.45, 2.75) is 12.8 Å². The van der Waals surface area contributed by atoms with Gasteiger partial charge in [0.2, 0.25) is 0 Å². The van der Waals surface area contributed by atoms with Crippen molar-refractivity contribution in [3.05, 3.63) is 108 Å². The van der Waals surface area contributed by atoms with Crippen LogP contribution in [0.1, 0.15) is 35.6 Å². The molecule has 0 saturated heterocycles. The molecule has 8 nitrogen and oxygen atoms in total. The highest BCUT2D eigenvalue weighted by Gasteiger charge is 2.14. The van der Waals surface area contributed by atoms with E-state index in [2.05, 4.69) is 161 Å². The zero-order chi connectivity index (χ0) is 36.3. The quantitative estimate of drug-likeness (QED) is 0.148. The first-order valence-electron chi connectivity index (χ1n) is 18.1. The molecule has 54 heavy (non-hydrogen) atoms. The third-order valence-electron chi connectivity index (χ3n) is 9.17. The van der Waals surface area contributed by atoms with Gasteiger partial charge < -0.3 is 53.2 Å². The zero-order valence-electron chi connectivity index (χ0n) is 32.0. The van der Waals surface area contributed by atoms with E-state index in [1.165, 1.54) is 0 Å². The summed E-state index contributed by atoms with van der Waals surface area (Å²) in [4.78, 5) is 17.5. The summed E-state index contributed by atoms with van der Waals surface area (Å²) >= 11 is 0. The molecular weight excluding hydrogens is 715 g/mol. The maximum absolute atomic E-state index is 6.08. The van der Waals surface area contributed by atoms with Crippen LogP contribution in [0.25, 0.3) is 68.6 Å². The lowest BCUT2D eigenvalue weighted by Gasteiger charge is -2.23. The minimum atomic E-state index is 0. The van der Waals surface area contributed by atoms with Crippen LogP contribution in [0.3, 0.4) is 0 Å². The van der Waals surface area contributed by atoms with E-state index < -0.39 is 0 Å². The van der Waals surface area contributed by atoms with Crippen LogP contribution in [-0.4, -0.2) is 97.5 Å². The van der Waals surface area contributed by atoms with Gasteiger partial charge in [-0.1, -0.05) is 24.3 Å². The summed E-state index contributed by atoms with van der Waals surface area (Å²) in [6, 6.07) is 29.3. The second-order valence-electron chi connectivity index (χ2n) is 15.7. The first-order chi connectivity index (χ1) is 25.0. The van der Waals surface area contributed by atoms with E-state index in [0.717, 1.165) is 113 Å². The number of quaternary nitrogens is 2. The molecule has 2 aromatic carbocycles. The number of ether oxygens (including phenoxy) is 2. The molecule has 10 heteroatoms. The van der Waals surface area contributed by atoms with Gasteiger partial charge in [0.05, 0.1) is 91.4 Å². The fourth-order valence-electron chi connectivity index (χ4n) is 6.57. The molecule has 0 aliphatic carbocycles. The maximum Gasteiger partial charge on any atom is 0.119 e. The Morgan fingerprint density at radius 2 is 0.889 bits per heavy atom. The Morgan fingerprint density at radius 3 is 1.26 bits per heavy atom. The lowest BCUT2D eigenvalue weighted by molar-refractivity contribution is -0.870. The monoisotopic (exact) mass is 764 g/mol. The molecule has 0 amide bonds. The fraction of sp³-hybridized carbons (Fsp3) is 0.273. The molecule has 8 bridgehead atoms.